The number of hydrogen-bond donors (Lipinski definition) is 3. The van der Waals surface area contributed by atoms with Gasteiger partial charge in [-0.3, -0.25) is 4.79 Å². The third-order valence-electron chi connectivity index (χ3n) is 3.01. The minimum Gasteiger partial charge on any atom is -0.361 e. The fourth-order valence-corrected chi connectivity index (χ4v) is 1.99. The molecule has 96 valence electrons. The Kier molecular flexibility index (Phi) is 3.99. The number of H-pyrrole nitrogens is 1. The highest BCUT2D eigenvalue weighted by Gasteiger charge is 2.06. The molecule has 2 rings (SSSR count). The number of carbonyl (C=O) groups is 1. The second-order valence-corrected chi connectivity index (χ2v) is 4.54. The van der Waals surface area contributed by atoms with E-state index in [9.17, 15) is 4.79 Å². The van der Waals surface area contributed by atoms with Crippen LogP contribution in [0, 0.1) is 0 Å². The number of amides is 1. The number of nitrogens with one attached hydrogen (secondary N) is 2. The molecule has 1 aromatic heterocycles. The molecule has 0 unspecified atom stereocenters. The molecular weight excluding hydrogens is 226 g/mol. The topological polar surface area (TPSA) is 70.9 Å². The largest absolute Gasteiger partial charge is 0.361 e. The maximum atomic E-state index is 11.3. The Labute approximate surface area is 107 Å². The summed E-state index contributed by atoms with van der Waals surface area (Å²) in [6, 6.07) is 7.81. The molecule has 0 saturated carbocycles. The number of aromatic nitrogens is 1. The van der Waals surface area contributed by atoms with Crippen LogP contribution in [0.2, 0.25) is 0 Å². The number of fused-ring (bicyclic) bond motifs is 1. The van der Waals surface area contributed by atoms with E-state index >= 15 is 0 Å². The van der Waals surface area contributed by atoms with Gasteiger partial charge in [0.25, 0.3) is 0 Å². The van der Waals surface area contributed by atoms with Crippen LogP contribution in [0.4, 0.5) is 0 Å². The maximum absolute atomic E-state index is 11.3. The second kappa shape index (κ2) is 5.69. The molecule has 0 fully saturated rings. The van der Waals surface area contributed by atoms with Gasteiger partial charge in [0, 0.05) is 23.6 Å². The number of benzene rings is 1. The third-order valence-corrected chi connectivity index (χ3v) is 3.01. The molecule has 0 aliphatic heterocycles. The fourth-order valence-electron chi connectivity index (χ4n) is 1.99. The van der Waals surface area contributed by atoms with Crippen molar-refractivity contribution in [1.82, 2.24) is 10.3 Å². The molecule has 0 spiro atoms. The van der Waals surface area contributed by atoms with Gasteiger partial charge in [-0.2, -0.15) is 0 Å². The van der Waals surface area contributed by atoms with Crippen molar-refractivity contribution in [3.8, 4) is 0 Å². The average Bonchev–Trinajstić information content (AvgIpc) is 2.77. The first-order chi connectivity index (χ1) is 8.68. The number of aryl methyl sites for hydroxylation is 1. The lowest BCUT2D eigenvalue weighted by molar-refractivity contribution is -0.121. The van der Waals surface area contributed by atoms with Crippen LogP contribution in [-0.4, -0.2) is 23.5 Å². The van der Waals surface area contributed by atoms with Gasteiger partial charge in [0.2, 0.25) is 5.91 Å². The Bertz CT molecular complexity index is 531. The first-order valence-corrected chi connectivity index (χ1v) is 6.27. The van der Waals surface area contributed by atoms with E-state index in [1.54, 1.807) is 6.92 Å². The highest BCUT2D eigenvalue weighted by Crippen LogP contribution is 2.18. The van der Waals surface area contributed by atoms with E-state index in [2.05, 4.69) is 22.4 Å². The van der Waals surface area contributed by atoms with Gasteiger partial charge in [-0.05, 0) is 31.4 Å². The van der Waals surface area contributed by atoms with Crippen LogP contribution in [0.3, 0.4) is 0 Å². The Morgan fingerprint density at radius 3 is 3.00 bits per heavy atom. The van der Waals surface area contributed by atoms with Crippen molar-refractivity contribution in [3.63, 3.8) is 0 Å². The van der Waals surface area contributed by atoms with E-state index in [0.29, 0.717) is 6.54 Å². The molecule has 4 N–H and O–H groups in total. The average molecular weight is 245 g/mol. The van der Waals surface area contributed by atoms with Crippen LogP contribution in [0.15, 0.2) is 30.5 Å². The standard InChI is InChI=1S/C14H19N3O/c1-10(15)14(18)16-8-4-5-11-9-17-13-7-3-2-6-12(11)13/h2-3,6-7,9-10,17H,4-5,8,15H2,1H3,(H,16,18)/t10-/m0/s1. The van der Waals surface area contributed by atoms with E-state index in [4.69, 9.17) is 5.73 Å². The van der Waals surface area contributed by atoms with E-state index < -0.39 is 6.04 Å². The summed E-state index contributed by atoms with van der Waals surface area (Å²) in [5.74, 6) is -0.0890. The number of nitrogens with two attached hydrogens (primary N) is 1. The first kappa shape index (κ1) is 12.6. The predicted octanol–water partition coefficient (Wildman–Crippen LogP) is 1.56. The second-order valence-electron chi connectivity index (χ2n) is 4.54. The molecule has 1 aromatic carbocycles. The molecule has 0 bridgehead atoms. The molecule has 1 heterocycles. The summed E-state index contributed by atoms with van der Waals surface area (Å²) in [5.41, 5.74) is 7.92. The van der Waals surface area contributed by atoms with Crippen LogP contribution in [-0.2, 0) is 11.2 Å². The van der Waals surface area contributed by atoms with Gasteiger partial charge in [0.15, 0.2) is 0 Å². The van der Waals surface area contributed by atoms with Gasteiger partial charge in [0.05, 0.1) is 6.04 Å². The monoisotopic (exact) mass is 245 g/mol. The number of carbonyl (C=O) groups excluding carboxylic acids is 1. The molecule has 4 nitrogen and oxygen atoms in total. The lowest BCUT2D eigenvalue weighted by Crippen LogP contribution is -2.38. The SMILES string of the molecule is C[C@H](N)C(=O)NCCCc1c[nH]c2ccccc12. The van der Waals surface area contributed by atoms with E-state index in [-0.39, 0.29) is 5.91 Å². The van der Waals surface area contributed by atoms with Crippen molar-refractivity contribution in [2.24, 2.45) is 5.73 Å². The zero-order chi connectivity index (χ0) is 13.0. The minimum absolute atomic E-state index is 0.0890. The van der Waals surface area contributed by atoms with Crippen molar-refractivity contribution in [3.05, 3.63) is 36.0 Å². The Balaban J connectivity index is 1.85. The maximum Gasteiger partial charge on any atom is 0.236 e. The summed E-state index contributed by atoms with van der Waals surface area (Å²) in [6.07, 6.45) is 3.90. The van der Waals surface area contributed by atoms with Crippen LogP contribution < -0.4 is 11.1 Å². The highest BCUT2D eigenvalue weighted by molar-refractivity contribution is 5.83. The van der Waals surface area contributed by atoms with E-state index in [1.807, 2.05) is 18.3 Å². The van der Waals surface area contributed by atoms with Crippen molar-refractivity contribution in [1.29, 1.82) is 0 Å². The molecular formula is C14H19N3O. The fraction of sp³-hybridized carbons (Fsp3) is 0.357. The van der Waals surface area contributed by atoms with Crippen LogP contribution in [0.5, 0.6) is 0 Å². The molecule has 0 saturated heterocycles. The molecule has 1 atom stereocenters. The summed E-state index contributed by atoms with van der Waals surface area (Å²) in [5, 5.41) is 4.08. The molecule has 4 heteroatoms. The predicted molar refractivity (Wildman–Crippen MR) is 73.3 cm³/mol. The number of aromatic amines is 1. The third kappa shape index (κ3) is 2.90. The summed E-state index contributed by atoms with van der Waals surface area (Å²) in [6.45, 7) is 2.36. The highest BCUT2D eigenvalue weighted by atomic mass is 16.2. The van der Waals surface area contributed by atoms with Gasteiger partial charge < -0.3 is 16.0 Å². The van der Waals surface area contributed by atoms with E-state index in [1.165, 1.54) is 10.9 Å². The molecule has 18 heavy (non-hydrogen) atoms. The number of para-hydroxylation sites is 1. The smallest absolute Gasteiger partial charge is 0.236 e. The molecule has 2 aromatic rings. The van der Waals surface area contributed by atoms with Gasteiger partial charge in [-0.15, -0.1) is 0 Å². The van der Waals surface area contributed by atoms with Crippen LogP contribution in [0.25, 0.3) is 10.9 Å². The number of rotatable bonds is 5. The van der Waals surface area contributed by atoms with Gasteiger partial charge >= 0.3 is 0 Å². The Morgan fingerprint density at radius 2 is 2.22 bits per heavy atom. The summed E-state index contributed by atoms with van der Waals surface area (Å²) >= 11 is 0. The number of hydrogen-bond acceptors (Lipinski definition) is 2. The van der Waals surface area contributed by atoms with Crippen molar-refractivity contribution < 1.29 is 4.79 Å². The molecule has 1 amide bonds. The summed E-state index contributed by atoms with van der Waals surface area (Å²) < 4.78 is 0. The van der Waals surface area contributed by atoms with Gasteiger partial charge in [-0.25, -0.2) is 0 Å². The van der Waals surface area contributed by atoms with Gasteiger partial charge in [-0.1, -0.05) is 18.2 Å². The van der Waals surface area contributed by atoms with Crippen LogP contribution >= 0.6 is 0 Å². The first-order valence-electron chi connectivity index (χ1n) is 6.27. The lowest BCUT2D eigenvalue weighted by Gasteiger charge is -2.07. The quantitative estimate of drug-likeness (QED) is 0.700. The molecule has 0 aliphatic rings. The van der Waals surface area contributed by atoms with Gasteiger partial charge in [0.1, 0.15) is 0 Å². The lowest BCUT2D eigenvalue weighted by atomic mass is 10.1. The van der Waals surface area contributed by atoms with Crippen molar-refractivity contribution in [2.75, 3.05) is 6.54 Å². The summed E-state index contributed by atoms with van der Waals surface area (Å²) in [7, 11) is 0. The Hall–Kier alpha value is -1.81. The minimum atomic E-state index is -0.432. The van der Waals surface area contributed by atoms with E-state index in [0.717, 1.165) is 18.4 Å². The summed E-state index contributed by atoms with van der Waals surface area (Å²) in [4.78, 5) is 14.5. The molecule has 0 aliphatic carbocycles. The zero-order valence-electron chi connectivity index (χ0n) is 10.6. The zero-order valence-corrected chi connectivity index (χ0v) is 10.6. The normalized spacial score (nSPS) is 12.6. The van der Waals surface area contributed by atoms with Crippen LogP contribution in [0.1, 0.15) is 18.9 Å². The van der Waals surface area contributed by atoms with Crippen molar-refractivity contribution >= 4 is 16.8 Å². The van der Waals surface area contributed by atoms with Crippen molar-refractivity contribution in [2.45, 2.75) is 25.8 Å². The Morgan fingerprint density at radius 1 is 1.44 bits per heavy atom. The molecule has 0 radical (unpaired) electrons.